The molecule has 134 valence electrons. The Morgan fingerprint density at radius 3 is 1.96 bits per heavy atom. The summed E-state index contributed by atoms with van der Waals surface area (Å²) >= 11 is 0. The van der Waals surface area contributed by atoms with Crippen molar-refractivity contribution in [2.45, 2.75) is 59.1 Å². The monoisotopic (exact) mass is 339 g/mol. The molecule has 0 heterocycles. The van der Waals surface area contributed by atoms with Gasteiger partial charge in [0, 0.05) is 5.56 Å². The lowest BCUT2D eigenvalue weighted by Crippen LogP contribution is -2.26. The van der Waals surface area contributed by atoms with E-state index in [-0.39, 0.29) is 23.5 Å². The zero-order chi connectivity index (χ0) is 18.6. The Hall–Kier alpha value is -2.29. The number of amides is 1. The normalized spacial score (nSPS) is 12.8. The number of carbonyl (C=O) groups excluding carboxylic acids is 1. The Labute approximate surface area is 151 Å². The zero-order valence-electron chi connectivity index (χ0n) is 16.1. The maximum atomic E-state index is 12.4. The molecule has 0 aromatic heterocycles. The second kappa shape index (κ2) is 7.73. The number of benzene rings is 2. The van der Waals surface area contributed by atoms with Crippen LogP contribution in [0.4, 0.5) is 0 Å². The van der Waals surface area contributed by atoms with Crippen molar-refractivity contribution in [2.24, 2.45) is 0 Å². The van der Waals surface area contributed by atoms with Crippen LogP contribution in [0.2, 0.25) is 0 Å². The van der Waals surface area contributed by atoms with E-state index in [0.29, 0.717) is 5.56 Å². The fraction of sp³-hybridized carbons (Fsp3) is 0.409. The summed E-state index contributed by atoms with van der Waals surface area (Å²) in [4.78, 5) is 12.4. The molecule has 0 unspecified atom stereocenters. The molecule has 0 aliphatic rings. The van der Waals surface area contributed by atoms with E-state index in [9.17, 15) is 4.79 Å². The van der Waals surface area contributed by atoms with Gasteiger partial charge in [-0.05, 0) is 61.6 Å². The molecule has 0 aliphatic carbocycles. The molecule has 25 heavy (non-hydrogen) atoms. The number of carbonyl (C=O) groups is 1. The second-order valence-corrected chi connectivity index (χ2v) is 7.76. The average molecular weight is 339 g/mol. The molecule has 2 aromatic carbocycles. The predicted molar refractivity (Wildman–Crippen MR) is 103 cm³/mol. The average Bonchev–Trinajstić information content (AvgIpc) is 2.54. The minimum Gasteiger partial charge on any atom is -0.491 e. The Kier molecular flexibility index (Phi) is 5.89. The van der Waals surface area contributed by atoms with E-state index in [1.165, 1.54) is 5.56 Å². The highest BCUT2D eigenvalue weighted by Crippen LogP contribution is 2.24. The summed E-state index contributed by atoms with van der Waals surface area (Å²) in [5.41, 5.74) is 3.15. The molecule has 0 aliphatic heterocycles. The van der Waals surface area contributed by atoms with Gasteiger partial charge in [0.05, 0.1) is 12.1 Å². The van der Waals surface area contributed by atoms with Crippen LogP contribution in [0.1, 0.15) is 69.1 Å². The number of nitrogens with one attached hydrogen (secondary N) is 1. The van der Waals surface area contributed by atoms with Gasteiger partial charge in [0.25, 0.3) is 5.91 Å². The van der Waals surface area contributed by atoms with Gasteiger partial charge in [0.1, 0.15) is 5.75 Å². The molecule has 0 radical (unpaired) electrons. The van der Waals surface area contributed by atoms with E-state index in [0.717, 1.165) is 11.3 Å². The van der Waals surface area contributed by atoms with E-state index in [1.807, 2.05) is 32.9 Å². The Balaban J connectivity index is 2.02. The summed E-state index contributed by atoms with van der Waals surface area (Å²) in [5.74, 6) is 0.695. The molecule has 0 spiro atoms. The van der Waals surface area contributed by atoms with E-state index in [1.54, 1.807) is 12.1 Å². The first kappa shape index (κ1) is 19.0. The first-order valence-corrected chi connectivity index (χ1v) is 8.85. The number of hydrogen-bond acceptors (Lipinski definition) is 2. The maximum absolute atomic E-state index is 12.4. The summed E-state index contributed by atoms with van der Waals surface area (Å²) in [6, 6.07) is 15.6. The molecule has 2 aromatic rings. The van der Waals surface area contributed by atoms with Crippen molar-refractivity contribution in [1.29, 1.82) is 0 Å². The molecule has 0 saturated heterocycles. The van der Waals surface area contributed by atoms with Gasteiger partial charge in [-0.3, -0.25) is 4.79 Å². The zero-order valence-corrected chi connectivity index (χ0v) is 16.1. The molecule has 3 nitrogen and oxygen atoms in total. The van der Waals surface area contributed by atoms with Crippen LogP contribution in [-0.2, 0) is 5.41 Å². The molecule has 1 atom stereocenters. The first-order chi connectivity index (χ1) is 11.7. The van der Waals surface area contributed by atoms with Crippen LogP contribution in [0.15, 0.2) is 48.5 Å². The number of hydrogen-bond donors (Lipinski definition) is 1. The van der Waals surface area contributed by atoms with Crippen LogP contribution in [0.25, 0.3) is 0 Å². The quantitative estimate of drug-likeness (QED) is 0.806. The summed E-state index contributed by atoms with van der Waals surface area (Å²) in [6.45, 7) is 12.5. The van der Waals surface area contributed by atoms with Gasteiger partial charge >= 0.3 is 0 Å². The Morgan fingerprint density at radius 1 is 0.920 bits per heavy atom. The van der Waals surface area contributed by atoms with Crippen LogP contribution >= 0.6 is 0 Å². The summed E-state index contributed by atoms with van der Waals surface area (Å²) < 4.78 is 5.61. The molecule has 0 saturated carbocycles. The smallest absolute Gasteiger partial charge is 0.251 e. The first-order valence-electron chi connectivity index (χ1n) is 8.85. The molecule has 1 amide bonds. The third-order valence-corrected chi connectivity index (χ3v) is 4.11. The van der Waals surface area contributed by atoms with Gasteiger partial charge in [-0.25, -0.2) is 0 Å². The van der Waals surface area contributed by atoms with E-state index < -0.39 is 0 Å². The lowest BCUT2D eigenvalue weighted by Gasteiger charge is -2.21. The van der Waals surface area contributed by atoms with Crippen molar-refractivity contribution in [2.75, 3.05) is 0 Å². The fourth-order valence-corrected chi connectivity index (χ4v) is 2.59. The van der Waals surface area contributed by atoms with Crippen LogP contribution < -0.4 is 10.1 Å². The fourth-order valence-electron chi connectivity index (χ4n) is 2.59. The van der Waals surface area contributed by atoms with Gasteiger partial charge < -0.3 is 10.1 Å². The molecular weight excluding hydrogens is 310 g/mol. The molecule has 0 fully saturated rings. The van der Waals surface area contributed by atoms with Crippen molar-refractivity contribution in [1.82, 2.24) is 5.32 Å². The van der Waals surface area contributed by atoms with Crippen molar-refractivity contribution in [3.63, 3.8) is 0 Å². The SMILES string of the molecule is CC(C)Oc1ccc(C(=O)N[C@@H](C)c2ccc(C(C)(C)C)cc2)cc1. The number of ether oxygens (including phenoxy) is 1. The summed E-state index contributed by atoms with van der Waals surface area (Å²) in [6.07, 6.45) is 0.121. The van der Waals surface area contributed by atoms with Crippen molar-refractivity contribution < 1.29 is 9.53 Å². The lowest BCUT2D eigenvalue weighted by molar-refractivity contribution is 0.0940. The topological polar surface area (TPSA) is 38.3 Å². The van der Waals surface area contributed by atoms with Gasteiger partial charge in [-0.15, -0.1) is 0 Å². The Bertz CT molecular complexity index is 694. The van der Waals surface area contributed by atoms with Crippen LogP contribution in [-0.4, -0.2) is 12.0 Å². The molecular formula is C22H29NO2. The second-order valence-electron chi connectivity index (χ2n) is 7.76. The third-order valence-electron chi connectivity index (χ3n) is 4.11. The van der Waals surface area contributed by atoms with E-state index in [4.69, 9.17) is 4.74 Å². The van der Waals surface area contributed by atoms with Crippen molar-refractivity contribution >= 4 is 5.91 Å². The molecule has 2 rings (SSSR count). The Morgan fingerprint density at radius 2 is 1.48 bits per heavy atom. The van der Waals surface area contributed by atoms with E-state index in [2.05, 4.69) is 50.4 Å². The minimum atomic E-state index is -0.0801. The molecule has 0 bridgehead atoms. The summed E-state index contributed by atoms with van der Waals surface area (Å²) in [5, 5.41) is 3.05. The highest BCUT2D eigenvalue weighted by molar-refractivity contribution is 5.94. The predicted octanol–water partition coefficient (Wildman–Crippen LogP) is 5.26. The highest BCUT2D eigenvalue weighted by Gasteiger charge is 2.15. The van der Waals surface area contributed by atoms with Gasteiger partial charge in [-0.2, -0.15) is 0 Å². The largest absolute Gasteiger partial charge is 0.491 e. The molecule has 1 N–H and O–H groups in total. The third kappa shape index (κ3) is 5.35. The van der Waals surface area contributed by atoms with Crippen molar-refractivity contribution in [3.05, 3.63) is 65.2 Å². The van der Waals surface area contributed by atoms with Crippen LogP contribution in [0, 0.1) is 0 Å². The van der Waals surface area contributed by atoms with Crippen molar-refractivity contribution in [3.8, 4) is 5.75 Å². The minimum absolute atomic E-state index is 0.0480. The van der Waals surface area contributed by atoms with Crippen LogP contribution in [0.3, 0.4) is 0 Å². The van der Waals surface area contributed by atoms with Gasteiger partial charge in [0.15, 0.2) is 0 Å². The molecule has 3 heteroatoms. The highest BCUT2D eigenvalue weighted by atomic mass is 16.5. The lowest BCUT2D eigenvalue weighted by atomic mass is 9.86. The van der Waals surface area contributed by atoms with Gasteiger partial charge in [0.2, 0.25) is 0 Å². The van der Waals surface area contributed by atoms with Gasteiger partial charge in [-0.1, -0.05) is 45.0 Å². The van der Waals surface area contributed by atoms with E-state index >= 15 is 0 Å². The number of rotatable bonds is 5. The van der Waals surface area contributed by atoms with Crippen LogP contribution in [0.5, 0.6) is 5.75 Å². The maximum Gasteiger partial charge on any atom is 0.251 e. The standard InChI is InChI=1S/C22H29NO2/c1-15(2)25-20-13-9-18(10-14-20)21(24)23-16(3)17-7-11-19(12-8-17)22(4,5)6/h7-16H,1-6H3,(H,23,24)/t16-/m0/s1. The summed E-state index contributed by atoms with van der Waals surface area (Å²) in [7, 11) is 0.